The van der Waals surface area contributed by atoms with Crippen molar-refractivity contribution in [2.45, 2.75) is 229 Å². The van der Waals surface area contributed by atoms with Crippen LogP contribution in [0, 0.1) is 50.7 Å². The van der Waals surface area contributed by atoms with Crippen LogP contribution in [0.15, 0.2) is 11.6 Å². The summed E-state index contributed by atoms with van der Waals surface area (Å²) in [5, 5.41) is 139. The average molecular weight is 1060 g/mol. The van der Waals surface area contributed by atoms with Crippen molar-refractivity contribution in [2.75, 3.05) is 26.4 Å². The summed E-state index contributed by atoms with van der Waals surface area (Å²) in [6.07, 6.45) is -20.9. The van der Waals surface area contributed by atoms with Gasteiger partial charge in [-0.25, -0.2) is 0 Å². The third-order valence-electron chi connectivity index (χ3n) is 20.3. The van der Waals surface area contributed by atoms with Crippen LogP contribution in [0.1, 0.15) is 106 Å². The van der Waals surface area contributed by atoms with Gasteiger partial charge in [0.15, 0.2) is 18.9 Å². The molecule has 22 heteroatoms. The number of ether oxygens (including phenoxy) is 8. The monoisotopic (exact) mass is 1060 g/mol. The van der Waals surface area contributed by atoms with E-state index >= 15 is 4.79 Å². The summed E-state index contributed by atoms with van der Waals surface area (Å²) < 4.78 is 46.8. The fraction of sp³-hybridized carbons (Fsp3) is 0.942. The Morgan fingerprint density at radius 3 is 1.97 bits per heavy atom. The number of rotatable bonds is 11. The number of carbonyl (C=O) groups is 1. The quantitative estimate of drug-likeness (QED) is 0.0618. The summed E-state index contributed by atoms with van der Waals surface area (Å²) >= 11 is 0. The topological polar surface area (TPSA) is 354 Å². The molecule has 9 rings (SSSR count). The number of esters is 1. The maximum Gasteiger partial charge on any atom is 0.315 e. The van der Waals surface area contributed by atoms with Gasteiger partial charge >= 0.3 is 5.97 Å². The number of fused-ring (bicyclic) bond motifs is 7. The van der Waals surface area contributed by atoms with E-state index in [1.807, 2.05) is 6.92 Å². The van der Waals surface area contributed by atoms with Gasteiger partial charge in [0.05, 0.1) is 44.1 Å². The van der Waals surface area contributed by atoms with Crippen LogP contribution in [-0.2, 0) is 42.7 Å². The van der Waals surface area contributed by atoms with E-state index in [4.69, 9.17) is 37.9 Å². The van der Waals surface area contributed by atoms with Crippen molar-refractivity contribution < 1.29 is 109 Å². The van der Waals surface area contributed by atoms with E-state index in [2.05, 4.69) is 33.8 Å². The molecule has 0 spiro atoms. The zero-order valence-electron chi connectivity index (χ0n) is 43.3. The third kappa shape index (κ3) is 9.56. The van der Waals surface area contributed by atoms with Gasteiger partial charge < -0.3 is 104 Å². The van der Waals surface area contributed by atoms with Crippen molar-refractivity contribution in [3.05, 3.63) is 11.6 Å². The standard InChI is InChI=1S/C52H84O22/c1-22-32(56)35(59)39(63)45(69-22)73-42-27(18-53)70-43(41(65)37(42)61)68-20-28-34(58)36(60)40(64)46(71-28)74-47(66)52-14-9-24-23(25(52)17-48(2,3)15-16-52)7-8-29-49(24,4)12-10-30-50(29,5)13-11-31(51(30,6)21-54)72-44-38(62)33(57)26(55)19-67-44/h7,22,24-46,53-65H,8-21H2,1-6H3. The molecule has 424 valence electrons. The molecule has 4 aliphatic heterocycles. The average Bonchev–Trinajstić information content (AvgIpc) is 3.36. The molecule has 74 heavy (non-hydrogen) atoms. The Kier molecular flexibility index (Phi) is 16.3. The van der Waals surface area contributed by atoms with Gasteiger partial charge in [0.1, 0.15) is 85.5 Å². The number of carbonyl (C=O) groups excluding carboxylic acids is 1. The van der Waals surface area contributed by atoms with Gasteiger partial charge in [0, 0.05) is 5.41 Å². The van der Waals surface area contributed by atoms with E-state index in [1.54, 1.807) is 0 Å². The molecule has 5 aliphatic carbocycles. The van der Waals surface area contributed by atoms with Crippen LogP contribution in [0.25, 0.3) is 0 Å². The highest BCUT2D eigenvalue weighted by atomic mass is 16.8. The lowest BCUT2D eigenvalue weighted by atomic mass is 9.37. The van der Waals surface area contributed by atoms with Crippen molar-refractivity contribution >= 4 is 5.97 Å². The van der Waals surface area contributed by atoms with Crippen molar-refractivity contribution in [3.8, 4) is 0 Å². The van der Waals surface area contributed by atoms with E-state index < -0.39 is 153 Å². The lowest BCUT2D eigenvalue weighted by Crippen LogP contribution is -2.65. The molecule has 0 aromatic carbocycles. The van der Waals surface area contributed by atoms with Gasteiger partial charge in [-0.2, -0.15) is 0 Å². The first kappa shape index (κ1) is 57.1. The number of allylic oxidation sites excluding steroid dienone is 2. The van der Waals surface area contributed by atoms with Crippen molar-refractivity contribution in [1.29, 1.82) is 0 Å². The summed E-state index contributed by atoms with van der Waals surface area (Å²) in [6.45, 7) is 10.9. The van der Waals surface area contributed by atoms with Crippen LogP contribution in [0.5, 0.6) is 0 Å². The van der Waals surface area contributed by atoms with Gasteiger partial charge in [-0.3, -0.25) is 4.79 Å². The second-order valence-corrected chi connectivity index (χ2v) is 25.1. The van der Waals surface area contributed by atoms with Crippen LogP contribution in [0.2, 0.25) is 0 Å². The first-order valence-corrected chi connectivity index (χ1v) is 26.9. The minimum atomic E-state index is -1.87. The maximum absolute atomic E-state index is 15.0. The zero-order chi connectivity index (χ0) is 53.8. The molecule has 8 fully saturated rings. The van der Waals surface area contributed by atoms with E-state index in [-0.39, 0.29) is 53.1 Å². The summed E-state index contributed by atoms with van der Waals surface area (Å²) in [5.74, 6) is -0.387. The first-order valence-electron chi connectivity index (χ1n) is 26.9. The number of hydrogen-bond acceptors (Lipinski definition) is 22. The van der Waals surface area contributed by atoms with Crippen molar-refractivity contribution in [2.24, 2.45) is 50.7 Å². The highest BCUT2D eigenvalue weighted by Crippen LogP contribution is 2.72. The van der Waals surface area contributed by atoms with Gasteiger partial charge in [-0.1, -0.05) is 46.3 Å². The third-order valence-corrected chi connectivity index (χ3v) is 20.3. The molecule has 22 nitrogen and oxygen atoms in total. The summed E-state index contributed by atoms with van der Waals surface area (Å²) in [7, 11) is 0. The van der Waals surface area contributed by atoms with Gasteiger partial charge in [-0.05, 0) is 111 Å². The molecule has 9 aliphatic rings. The van der Waals surface area contributed by atoms with Gasteiger partial charge in [-0.15, -0.1) is 0 Å². The summed E-state index contributed by atoms with van der Waals surface area (Å²) in [6, 6.07) is 0. The Morgan fingerprint density at radius 1 is 0.622 bits per heavy atom. The summed E-state index contributed by atoms with van der Waals surface area (Å²) in [5.41, 5.74) is -0.964. The smallest absolute Gasteiger partial charge is 0.315 e. The van der Waals surface area contributed by atoms with Crippen LogP contribution in [0.4, 0.5) is 0 Å². The Bertz CT molecular complexity index is 2010. The fourth-order valence-corrected chi connectivity index (χ4v) is 15.8. The fourth-order valence-electron chi connectivity index (χ4n) is 15.8. The molecule has 0 bridgehead atoms. The Balaban J connectivity index is 0.884. The minimum Gasteiger partial charge on any atom is -0.432 e. The molecule has 13 N–H and O–H groups in total. The molecular formula is C52H84O22. The van der Waals surface area contributed by atoms with Gasteiger partial charge in [0.2, 0.25) is 6.29 Å². The van der Waals surface area contributed by atoms with Crippen molar-refractivity contribution in [3.63, 3.8) is 0 Å². The van der Waals surface area contributed by atoms with Crippen molar-refractivity contribution in [1.82, 2.24) is 0 Å². The Labute approximate surface area is 431 Å². The molecule has 0 radical (unpaired) electrons. The first-order chi connectivity index (χ1) is 34.8. The van der Waals surface area contributed by atoms with E-state index in [0.29, 0.717) is 32.1 Å². The lowest BCUT2D eigenvalue weighted by Gasteiger charge is -2.68. The molecule has 0 amide bonds. The largest absolute Gasteiger partial charge is 0.432 e. The molecule has 4 saturated carbocycles. The molecule has 0 aromatic rings. The molecule has 28 atom stereocenters. The molecule has 4 saturated heterocycles. The number of aliphatic hydroxyl groups excluding tert-OH is 13. The lowest BCUT2D eigenvalue weighted by molar-refractivity contribution is -0.361. The van der Waals surface area contributed by atoms with E-state index in [0.717, 1.165) is 32.1 Å². The molecule has 0 aromatic heterocycles. The van der Waals surface area contributed by atoms with Crippen LogP contribution in [0.3, 0.4) is 0 Å². The highest BCUT2D eigenvalue weighted by molar-refractivity contribution is 5.79. The van der Waals surface area contributed by atoms with Crippen LogP contribution in [-0.4, -0.2) is 222 Å². The second kappa shape index (κ2) is 21.1. The van der Waals surface area contributed by atoms with Crippen LogP contribution >= 0.6 is 0 Å². The predicted octanol–water partition coefficient (Wildman–Crippen LogP) is -1.79. The SMILES string of the molecule is CC1OC(OC2C(CO)OC(OCC3OC(OC(=O)C45CCC6C(=CCC7C6(C)CCC6C(C)(CO)C(OC8OCC(O)C(O)C8O)CCC67C)C4CC(C)(C)CC5)C(O)C(O)C3O)C(O)C2O)C(O)C(O)C1O. The normalized spacial score (nSPS) is 54.4. The Hall–Kier alpha value is -1.59. The molecule has 28 unspecified atom stereocenters. The number of aliphatic hydroxyl groups is 13. The molecular weight excluding hydrogens is 977 g/mol. The molecule has 4 heterocycles. The van der Waals surface area contributed by atoms with Gasteiger partial charge in [0.25, 0.3) is 0 Å². The zero-order valence-corrected chi connectivity index (χ0v) is 43.3. The predicted molar refractivity (Wildman–Crippen MR) is 252 cm³/mol. The highest BCUT2D eigenvalue weighted by Gasteiger charge is 2.68. The second-order valence-electron chi connectivity index (χ2n) is 25.1. The summed E-state index contributed by atoms with van der Waals surface area (Å²) in [4.78, 5) is 15.0. The minimum absolute atomic E-state index is 0.0471. The maximum atomic E-state index is 15.0. The van der Waals surface area contributed by atoms with Crippen LogP contribution < -0.4 is 0 Å². The number of hydrogen-bond donors (Lipinski definition) is 13. The Morgan fingerprint density at radius 2 is 1.27 bits per heavy atom. The van der Waals surface area contributed by atoms with E-state index in [9.17, 15) is 66.4 Å². The van der Waals surface area contributed by atoms with E-state index in [1.165, 1.54) is 12.5 Å².